The maximum atomic E-state index is 3.55. The van der Waals surface area contributed by atoms with Crippen molar-refractivity contribution < 1.29 is 0 Å². The molecule has 0 saturated heterocycles. The second-order valence-electron chi connectivity index (χ2n) is 4.89. The molecule has 0 aromatic heterocycles. The van der Waals surface area contributed by atoms with E-state index >= 15 is 0 Å². The number of nitrogens with one attached hydrogen (secondary N) is 1. The summed E-state index contributed by atoms with van der Waals surface area (Å²) in [6.45, 7) is 8.60. The largest absolute Gasteiger partial charge is 0.314 e. The Balaban J connectivity index is 1.87. The number of rotatable bonds is 5. The molecule has 0 amide bonds. The Morgan fingerprint density at radius 3 is 2.36 bits per heavy atom. The lowest BCUT2D eigenvalue weighted by atomic mass is 10.5. The van der Waals surface area contributed by atoms with Crippen LogP contribution in [0.3, 0.4) is 0 Å². The van der Waals surface area contributed by atoms with Crippen molar-refractivity contribution in [2.75, 3.05) is 6.54 Å². The van der Waals surface area contributed by atoms with Gasteiger partial charge in [0.15, 0.2) is 0 Å². The van der Waals surface area contributed by atoms with Gasteiger partial charge >= 0.3 is 0 Å². The van der Waals surface area contributed by atoms with E-state index in [0.29, 0.717) is 0 Å². The van der Waals surface area contributed by atoms with Crippen molar-refractivity contribution >= 4 is 8.07 Å². The molecule has 0 radical (unpaired) electrons. The highest BCUT2D eigenvalue weighted by Gasteiger charge is 2.20. The molecule has 1 N–H and O–H groups in total. The molecule has 2 heteroatoms. The lowest BCUT2D eigenvalue weighted by Crippen LogP contribution is -2.23. The Morgan fingerprint density at radius 1 is 1.27 bits per heavy atom. The SMILES string of the molecule is C[Si](C)(C)CCCNC1CC1. The van der Waals surface area contributed by atoms with Gasteiger partial charge in [0.2, 0.25) is 0 Å². The molecule has 1 aliphatic carbocycles. The van der Waals surface area contributed by atoms with Gasteiger partial charge in [0.1, 0.15) is 0 Å². The molecule has 1 aliphatic rings. The van der Waals surface area contributed by atoms with E-state index in [4.69, 9.17) is 0 Å². The Kier molecular flexibility index (Phi) is 3.13. The highest BCUT2D eigenvalue weighted by molar-refractivity contribution is 6.76. The topological polar surface area (TPSA) is 12.0 Å². The summed E-state index contributed by atoms with van der Waals surface area (Å²) in [6.07, 6.45) is 4.24. The fraction of sp³-hybridized carbons (Fsp3) is 1.00. The molecule has 1 rings (SSSR count). The summed E-state index contributed by atoms with van der Waals surface area (Å²) in [7, 11) is -0.749. The molecule has 0 unspecified atom stereocenters. The zero-order chi connectivity index (χ0) is 8.32. The predicted molar refractivity (Wildman–Crippen MR) is 53.8 cm³/mol. The van der Waals surface area contributed by atoms with Crippen molar-refractivity contribution in [1.29, 1.82) is 0 Å². The van der Waals surface area contributed by atoms with Crippen LogP contribution in [0.5, 0.6) is 0 Å². The van der Waals surface area contributed by atoms with E-state index in [-0.39, 0.29) is 0 Å². The molecular formula is C9H21NSi. The summed E-state index contributed by atoms with van der Waals surface area (Å²) >= 11 is 0. The summed E-state index contributed by atoms with van der Waals surface area (Å²) in [5.74, 6) is 0. The highest BCUT2D eigenvalue weighted by atomic mass is 28.3. The summed E-state index contributed by atoms with van der Waals surface area (Å²) in [4.78, 5) is 0. The van der Waals surface area contributed by atoms with Gasteiger partial charge in [-0.3, -0.25) is 0 Å². The van der Waals surface area contributed by atoms with Gasteiger partial charge < -0.3 is 5.32 Å². The normalized spacial score (nSPS) is 18.8. The van der Waals surface area contributed by atoms with E-state index in [2.05, 4.69) is 25.0 Å². The van der Waals surface area contributed by atoms with Crippen LogP contribution in [0.25, 0.3) is 0 Å². The lowest BCUT2D eigenvalue weighted by Gasteiger charge is -2.15. The molecule has 0 bridgehead atoms. The summed E-state index contributed by atoms with van der Waals surface area (Å²) in [5, 5.41) is 3.55. The van der Waals surface area contributed by atoms with E-state index in [1.54, 1.807) is 0 Å². The molecule has 1 saturated carbocycles. The summed E-state index contributed by atoms with van der Waals surface area (Å²) < 4.78 is 0. The molecule has 0 aromatic rings. The third-order valence-electron chi connectivity index (χ3n) is 2.11. The van der Waals surface area contributed by atoms with Crippen molar-refractivity contribution in [3.63, 3.8) is 0 Å². The summed E-state index contributed by atoms with van der Waals surface area (Å²) in [5.41, 5.74) is 0. The van der Waals surface area contributed by atoms with Gasteiger partial charge in [-0.15, -0.1) is 0 Å². The maximum absolute atomic E-state index is 3.55. The van der Waals surface area contributed by atoms with Gasteiger partial charge in [0.25, 0.3) is 0 Å². The first-order chi connectivity index (χ1) is 5.08. The van der Waals surface area contributed by atoms with Crippen LogP contribution in [0.1, 0.15) is 19.3 Å². The quantitative estimate of drug-likeness (QED) is 0.495. The standard InChI is InChI=1S/C9H21NSi/c1-11(2,3)8-4-7-10-9-5-6-9/h9-10H,4-8H2,1-3H3. The van der Waals surface area contributed by atoms with Gasteiger partial charge in [-0.2, -0.15) is 0 Å². The zero-order valence-corrected chi connectivity index (χ0v) is 9.11. The van der Waals surface area contributed by atoms with Crippen molar-refractivity contribution in [1.82, 2.24) is 5.32 Å². The monoisotopic (exact) mass is 171 g/mol. The van der Waals surface area contributed by atoms with Crippen molar-refractivity contribution in [3.8, 4) is 0 Å². The van der Waals surface area contributed by atoms with E-state index in [0.717, 1.165) is 6.04 Å². The molecule has 11 heavy (non-hydrogen) atoms. The molecule has 0 aromatic carbocycles. The maximum Gasteiger partial charge on any atom is 0.0443 e. The minimum atomic E-state index is -0.749. The van der Waals surface area contributed by atoms with Crippen LogP contribution in [-0.2, 0) is 0 Å². The second kappa shape index (κ2) is 3.72. The average Bonchev–Trinajstić information content (AvgIpc) is 2.60. The van der Waals surface area contributed by atoms with Crippen LogP contribution in [0.2, 0.25) is 25.7 Å². The molecule has 0 atom stereocenters. The van der Waals surface area contributed by atoms with Gasteiger partial charge in [0, 0.05) is 14.1 Å². The lowest BCUT2D eigenvalue weighted by molar-refractivity contribution is 0.667. The smallest absolute Gasteiger partial charge is 0.0443 e. The second-order valence-corrected chi connectivity index (χ2v) is 10.5. The molecular weight excluding hydrogens is 150 g/mol. The predicted octanol–water partition coefficient (Wildman–Crippen LogP) is 2.47. The third-order valence-corrected chi connectivity index (χ3v) is 3.97. The first-order valence-electron chi connectivity index (χ1n) is 4.81. The van der Waals surface area contributed by atoms with Crippen molar-refractivity contribution in [3.05, 3.63) is 0 Å². The van der Waals surface area contributed by atoms with Crippen LogP contribution < -0.4 is 5.32 Å². The zero-order valence-electron chi connectivity index (χ0n) is 8.11. The van der Waals surface area contributed by atoms with Gasteiger partial charge in [0.05, 0.1) is 0 Å². The van der Waals surface area contributed by atoms with Crippen molar-refractivity contribution in [2.45, 2.75) is 51.0 Å². The Bertz CT molecular complexity index is 113. The van der Waals surface area contributed by atoms with Crippen LogP contribution in [-0.4, -0.2) is 20.7 Å². The molecule has 0 spiro atoms. The van der Waals surface area contributed by atoms with Crippen LogP contribution >= 0.6 is 0 Å². The van der Waals surface area contributed by atoms with Gasteiger partial charge in [-0.25, -0.2) is 0 Å². The molecule has 66 valence electrons. The number of hydrogen-bond acceptors (Lipinski definition) is 1. The molecule has 0 aliphatic heterocycles. The highest BCUT2D eigenvalue weighted by Crippen LogP contribution is 2.19. The average molecular weight is 171 g/mol. The van der Waals surface area contributed by atoms with Gasteiger partial charge in [-0.1, -0.05) is 25.7 Å². The minimum Gasteiger partial charge on any atom is -0.314 e. The molecule has 1 fully saturated rings. The first-order valence-corrected chi connectivity index (χ1v) is 8.52. The Morgan fingerprint density at radius 2 is 1.91 bits per heavy atom. The number of hydrogen-bond donors (Lipinski definition) is 1. The first kappa shape index (κ1) is 9.27. The fourth-order valence-electron chi connectivity index (χ4n) is 1.21. The Hall–Kier alpha value is 0.177. The third kappa shape index (κ3) is 5.45. The molecule has 0 heterocycles. The minimum absolute atomic E-state index is 0.749. The van der Waals surface area contributed by atoms with Crippen LogP contribution in [0.15, 0.2) is 0 Å². The van der Waals surface area contributed by atoms with Crippen LogP contribution in [0, 0.1) is 0 Å². The van der Waals surface area contributed by atoms with Gasteiger partial charge in [-0.05, 0) is 25.8 Å². The Labute approximate surface area is 71.6 Å². The molecule has 1 nitrogen and oxygen atoms in total. The van der Waals surface area contributed by atoms with Crippen LogP contribution in [0.4, 0.5) is 0 Å². The fourth-order valence-corrected chi connectivity index (χ4v) is 2.45. The van der Waals surface area contributed by atoms with E-state index < -0.39 is 8.07 Å². The van der Waals surface area contributed by atoms with E-state index in [1.165, 1.54) is 31.9 Å². The van der Waals surface area contributed by atoms with Crippen molar-refractivity contribution in [2.24, 2.45) is 0 Å². The van der Waals surface area contributed by atoms with E-state index in [1.807, 2.05) is 0 Å². The summed E-state index contributed by atoms with van der Waals surface area (Å²) in [6, 6.07) is 2.38. The van der Waals surface area contributed by atoms with E-state index in [9.17, 15) is 0 Å².